The van der Waals surface area contributed by atoms with Gasteiger partial charge in [-0.05, 0) is 36.8 Å². The van der Waals surface area contributed by atoms with Crippen molar-refractivity contribution in [2.45, 2.75) is 19.0 Å². The number of benzene rings is 2. The SMILES string of the molecule is Cc1ccc(Oc2ccc(CCl)cc2C(F)(F)F)cc1. The van der Waals surface area contributed by atoms with Gasteiger partial charge in [-0.3, -0.25) is 0 Å². The average molecular weight is 301 g/mol. The van der Waals surface area contributed by atoms with E-state index in [-0.39, 0.29) is 11.6 Å². The standard InChI is InChI=1S/C15H12ClF3O/c1-10-2-5-12(6-3-10)20-14-7-4-11(9-16)8-13(14)15(17,18)19/h2-8H,9H2,1H3. The summed E-state index contributed by atoms with van der Waals surface area (Å²) < 4.78 is 44.4. The fourth-order valence-electron chi connectivity index (χ4n) is 1.70. The van der Waals surface area contributed by atoms with Crippen LogP contribution in [0.15, 0.2) is 42.5 Å². The van der Waals surface area contributed by atoms with Crippen LogP contribution in [0.25, 0.3) is 0 Å². The van der Waals surface area contributed by atoms with Gasteiger partial charge in [-0.1, -0.05) is 23.8 Å². The minimum absolute atomic E-state index is 0.0217. The lowest BCUT2D eigenvalue weighted by atomic mass is 10.1. The van der Waals surface area contributed by atoms with Crippen LogP contribution in [0, 0.1) is 6.92 Å². The summed E-state index contributed by atoms with van der Waals surface area (Å²) >= 11 is 5.57. The Labute approximate surface area is 119 Å². The molecule has 1 nitrogen and oxygen atoms in total. The summed E-state index contributed by atoms with van der Waals surface area (Å²) in [6.07, 6.45) is -4.48. The first kappa shape index (κ1) is 14.7. The maximum absolute atomic E-state index is 13.0. The van der Waals surface area contributed by atoms with Gasteiger partial charge in [-0.2, -0.15) is 13.2 Å². The van der Waals surface area contributed by atoms with Gasteiger partial charge in [0, 0.05) is 5.88 Å². The van der Waals surface area contributed by atoms with Crippen LogP contribution in [-0.2, 0) is 12.1 Å². The van der Waals surface area contributed by atoms with E-state index in [1.165, 1.54) is 12.1 Å². The van der Waals surface area contributed by atoms with Gasteiger partial charge in [0.25, 0.3) is 0 Å². The molecule has 0 aliphatic carbocycles. The number of aryl methyl sites for hydroxylation is 1. The predicted octanol–water partition coefficient (Wildman–Crippen LogP) is 5.54. The van der Waals surface area contributed by atoms with Gasteiger partial charge in [0.05, 0.1) is 5.56 Å². The second-order valence-corrected chi connectivity index (χ2v) is 4.64. The van der Waals surface area contributed by atoms with Crippen LogP contribution in [-0.4, -0.2) is 0 Å². The van der Waals surface area contributed by atoms with Crippen LogP contribution in [0.2, 0.25) is 0 Å². The van der Waals surface area contributed by atoms with Gasteiger partial charge in [0.1, 0.15) is 11.5 Å². The molecule has 5 heteroatoms. The highest BCUT2D eigenvalue weighted by Crippen LogP contribution is 2.38. The van der Waals surface area contributed by atoms with Crippen LogP contribution in [0.3, 0.4) is 0 Å². The minimum atomic E-state index is -4.48. The smallest absolute Gasteiger partial charge is 0.419 e. The molecule has 0 saturated heterocycles. The molecule has 0 unspecified atom stereocenters. The zero-order valence-electron chi connectivity index (χ0n) is 10.7. The summed E-state index contributed by atoms with van der Waals surface area (Å²) in [5, 5.41) is 0. The number of rotatable bonds is 3. The zero-order chi connectivity index (χ0) is 14.8. The summed E-state index contributed by atoms with van der Waals surface area (Å²) in [6, 6.07) is 10.6. The van der Waals surface area contributed by atoms with Crippen molar-refractivity contribution in [3.63, 3.8) is 0 Å². The second kappa shape index (κ2) is 5.75. The van der Waals surface area contributed by atoms with Crippen molar-refractivity contribution in [2.75, 3.05) is 0 Å². The molecule has 2 aromatic rings. The number of hydrogen-bond acceptors (Lipinski definition) is 1. The van der Waals surface area contributed by atoms with E-state index in [2.05, 4.69) is 0 Å². The molecule has 0 aliphatic heterocycles. The van der Waals surface area contributed by atoms with Crippen LogP contribution in [0.4, 0.5) is 13.2 Å². The first-order valence-corrected chi connectivity index (χ1v) is 6.44. The predicted molar refractivity (Wildman–Crippen MR) is 72.3 cm³/mol. The molecular weight excluding hydrogens is 289 g/mol. The molecular formula is C15H12ClF3O. The third-order valence-corrected chi connectivity index (χ3v) is 3.06. The molecule has 0 radical (unpaired) electrons. The molecule has 106 valence electrons. The Kier molecular flexibility index (Phi) is 4.23. The molecule has 0 saturated carbocycles. The van der Waals surface area contributed by atoms with E-state index < -0.39 is 11.7 Å². The molecule has 0 spiro atoms. The van der Waals surface area contributed by atoms with E-state index in [9.17, 15) is 13.2 Å². The Morgan fingerprint density at radius 1 is 1.05 bits per heavy atom. The quantitative estimate of drug-likeness (QED) is 0.676. The Morgan fingerprint density at radius 2 is 1.70 bits per heavy atom. The van der Waals surface area contributed by atoms with Gasteiger partial charge < -0.3 is 4.74 Å². The molecule has 2 aromatic carbocycles. The van der Waals surface area contributed by atoms with Crippen molar-refractivity contribution in [1.82, 2.24) is 0 Å². The van der Waals surface area contributed by atoms with Crippen molar-refractivity contribution < 1.29 is 17.9 Å². The monoisotopic (exact) mass is 300 g/mol. The Morgan fingerprint density at radius 3 is 2.25 bits per heavy atom. The van der Waals surface area contributed by atoms with Gasteiger partial charge in [-0.25, -0.2) is 0 Å². The van der Waals surface area contributed by atoms with Crippen LogP contribution in [0.5, 0.6) is 11.5 Å². The first-order valence-electron chi connectivity index (χ1n) is 5.91. The van der Waals surface area contributed by atoms with E-state index in [0.29, 0.717) is 11.3 Å². The second-order valence-electron chi connectivity index (χ2n) is 4.38. The Balaban J connectivity index is 2.38. The highest BCUT2D eigenvalue weighted by molar-refractivity contribution is 6.17. The molecule has 2 rings (SSSR count). The zero-order valence-corrected chi connectivity index (χ0v) is 11.4. The van der Waals surface area contributed by atoms with Crippen LogP contribution >= 0.6 is 11.6 Å². The fraction of sp³-hybridized carbons (Fsp3) is 0.200. The number of halogens is 4. The summed E-state index contributed by atoms with van der Waals surface area (Å²) in [5.74, 6) is 0.156. The van der Waals surface area contributed by atoms with Crippen molar-refractivity contribution in [1.29, 1.82) is 0 Å². The maximum Gasteiger partial charge on any atom is 0.419 e. The van der Waals surface area contributed by atoms with Gasteiger partial charge >= 0.3 is 6.18 Å². The lowest BCUT2D eigenvalue weighted by Gasteiger charge is -2.14. The van der Waals surface area contributed by atoms with E-state index in [1.54, 1.807) is 24.3 Å². The largest absolute Gasteiger partial charge is 0.457 e. The van der Waals surface area contributed by atoms with E-state index >= 15 is 0 Å². The van der Waals surface area contributed by atoms with E-state index in [4.69, 9.17) is 16.3 Å². The topological polar surface area (TPSA) is 9.23 Å². The fourth-order valence-corrected chi connectivity index (χ4v) is 1.87. The molecule has 0 aliphatic rings. The summed E-state index contributed by atoms with van der Waals surface area (Å²) in [4.78, 5) is 0. The van der Waals surface area contributed by atoms with Crippen LogP contribution < -0.4 is 4.74 Å². The third-order valence-electron chi connectivity index (χ3n) is 2.75. The number of hydrogen-bond donors (Lipinski definition) is 0. The third kappa shape index (κ3) is 3.45. The highest BCUT2D eigenvalue weighted by Gasteiger charge is 2.34. The number of ether oxygens (including phenoxy) is 1. The lowest BCUT2D eigenvalue weighted by Crippen LogP contribution is -2.07. The Hall–Kier alpha value is -1.68. The highest BCUT2D eigenvalue weighted by atomic mass is 35.5. The lowest BCUT2D eigenvalue weighted by molar-refractivity contribution is -0.138. The molecule has 0 heterocycles. The molecule has 0 aromatic heterocycles. The molecule has 20 heavy (non-hydrogen) atoms. The molecule has 0 fully saturated rings. The van der Waals surface area contributed by atoms with Gasteiger partial charge in [0.15, 0.2) is 0 Å². The van der Waals surface area contributed by atoms with Gasteiger partial charge in [-0.15, -0.1) is 11.6 Å². The Bertz CT molecular complexity index is 591. The molecule has 0 atom stereocenters. The number of alkyl halides is 4. The first-order chi connectivity index (χ1) is 9.40. The van der Waals surface area contributed by atoms with Crippen molar-refractivity contribution >= 4 is 11.6 Å². The van der Waals surface area contributed by atoms with Crippen molar-refractivity contribution in [3.8, 4) is 11.5 Å². The minimum Gasteiger partial charge on any atom is -0.457 e. The maximum atomic E-state index is 13.0. The molecule has 0 amide bonds. The van der Waals surface area contributed by atoms with Crippen molar-refractivity contribution in [2.24, 2.45) is 0 Å². The normalized spacial score (nSPS) is 11.4. The molecule has 0 N–H and O–H groups in total. The van der Waals surface area contributed by atoms with Crippen LogP contribution in [0.1, 0.15) is 16.7 Å². The summed E-state index contributed by atoms with van der Waals surface area (Å²) in [5.41, 5.74) is 0.581. The van der Waals surface area contributed by atoms with E-state index in [1.807, 2.05) is 6.92 Å². The molecule has 0 bridgehead atoms. The summed E-state index contributed by atoms with van der Waals surface area (Å²) in [6.45, 7) is 1.89. The van der Waals surface area contributed by atoms with Gasteiger partial charge in [0.2, 0.25) is 0 Å². The van der Waals surface area contributed by atoms with E-state index in [0.717, 1.165) is 11.6 Å². The van der Waals surface area contributed by atoms with Crippen molar-refractivity contribution in [3.05, 3.63) is 59.2 Å². The average Bonchev–Trinajstić information content (AvgIpc) is 2.40. The summed E-state index contributed by atoms with van der Waals surface area (Å²) in [7, 11) is 0.